The average molecular weight is 205 g/mol. The third-order valence-electron chi connectivity index (χ3n) is 1.86. The lowest BCUT2D eigenvalue weighted by molar-refractivity contribution is 0.257. The Bertz CT molecular complexity index is 366. The highest BCUT2D eigenvalue weighted by Crippen LogP contribution is 2.28. The average Bonchev–Trinajstić information content (AvgIpc) is 2.25. The summed E-state index contributed by atoms with van der Waals surface area (Å²) in [4.78, 5) is 0. The van der Waals surface area contributed by atoms with Gasteiger partial charge in [0.15, 0.2) is 11.5 Å². The van der Waals surface area contributed by atoms with Gasteiger partial charge in [-0.1, -0.05) is 13.8 Å². The van der Waals surface area contributed by atoms with Gasteiger partial charge < -0.3 is 9.47 Å². The molecule has 0 amide bonds. The highest BCUT2D eigenvalue weighted by Gasteiger charge is 2.06. The number of ether oxygens (including phenoxy) is 2. The van der Waals surface area contributed by atoms with Crippen molar-refractivity contribution in [2.24, 2.45) is 5.92 Å². The maximum Gasteiger partial charge on any atom is 0.162 e. The normalized spacial score (nSPS) is 9.80. The first-order chi connectivity index (χ1) is 7.17. The molecular weight excluding hydrogens is 190 g/mol. The van der Waals surface area contributed by atoms with Crippen LogP contribution in [-0.4, -0.2) is 13.7 Å². The van der Waals surface area contributed by atoms with E-state index in [0.717, 1.165) is 0 Å². The standard InChI is InChI=1S/C12H15NO2/c1-9(2)8-15-11-5-4-10(7-13)6-12(11)14-3/h4-6,9H,8H2,1-3H3. The number of rotatable bonds is 4. The van der Waals surface area contributed by atoms with Crippen LogP contribution in [0.5, 0.6) is 11.5 Å². The lowest BCUT2D eigenvalue weighted by Gasteiger charge is -2.12. The molecule has 1 aromatic rings. The lowest BCUT2D eigenvalue weighted by atomic mass is 10.2. The third kappa shape index (κ3) is 3.17. The Morgan fingerprint density at radius 3 is 2.60 bits per heavy atom. The first kappa shape index (κ1) is 11.4. The summed E-state index contributed by atoms with van der Waals surface area (Å²) in [6.45, 7) is 4.80. The molecule has 1 aromatic carbocycles. The molecule has 0 spiro atoms. The molecule has 0 aliphatic rings. The van der Waals surface area contributed by atoms with E-state index in [0.29, 0.717) is 29.6 Å². The van der Waals surface area contributed by atoms with E-state index in [1.807, 2.05) is 0 Å². The summed E-state index contributed by atoms with van der Waals surface area (Å²) in [5.41, 5.74) is 0.573. The van der Waals surface area contributed by atoms with E-state index < -0.39 is 0 Å². The second-order valence-corrected chi connectivity index (χ2v) is 3.68. The van der Waals surface area contributed by atoms with Crippen LogP contribution in [0, 0.1) is 17.2 Å². The summed E-state index contributed by atoms with van der Waals surface area (Å²) in [6, 6.07) is 7.22. The minimum atomic E-state index is 0.463. The van der Waals surface area contributed by atoms with Crippen molar-refractivity contribution >= 4 is 0 Å². The highest BCUT2D eigenvalue weighted by atomic mass is 16.5. The van der Waals surface area contributed by atoms with Crippen LogP contribution in [0.4, 0.5) is 0 Å². The Morgan fingerprint density at radius 1 is 1.33 bits per heavy atom. The van der Waals surface area contributed by atoms with Gasteiger partial charge >= 0.3 is 0 Å². The van der Waals surface area contributed by atoms with Crippen LogP contribution in [0.15, 0.2) is 18.2 Å². The van der Waals surface area contributed by atoms with Crippen molar-refractivity contribution in [1.29, 1.82) is 5.26 Å². The number of methoxy groups -OCH3 is 1. The Kier molecular flexibility index (Phi) is 3.99. The number of nitrogens with zero attached hydrogens (tertiary/aromatic N) is 1. The van der Waals surface area contributed by atoms with Crippen LogP contribution >= 0.6 is 0 Å². The molecule has 80 valence electrons. The number of benzene rings is 1. The Labute approximate surface area is 90.2 Å². The van der Waals surface area contributed by atoms with Crippen molar-refractivity contribution in [3.8, 4) is 17.6 Å². The largest absolute Gasteiger partial charge is 0.493 e. The van der Waals surface area contributed by atoms with E-state index in [4.69, 9.17) is 14.7 Å². The van der Waals surface area contributed by atoms with E-state index in [2.05, 4.69) is 19.9 Å². The zero-order valence-electron chi connectivity index (χ0n) is 9.28. The Balaban J connectivity index is 2.84. The predicted octanol–water partition coefficient (Wildman–Crippen LogP) is 2.60. The van der Waals surface area contributed by atoms with Crippen molar-refractivity contribution in [2.75, 3.05) is 13.7 Å². The fraction of sp³-hybridized carbons (Fsp3) is 0.417. The molecule has 0 aliphatic carbocycles. The molecule has 0 unspecified atom stereocenters. The molecule has 0 saturated carbocycles. The molecule has 0 N–H and O–H groups in total. The zero-order valence-corrected chi connectivity index (χ0v) is 9.28. The van der Waals surface area contributed by atoms with Crippen LogP contribution < -0.4 is 9.47 Å². The molecule has 0 radical (unpaired) electrons. The summed E-state index contributed by atoms with van der Waals surface area (Å²) >= 11 is 0. The van der Waals surface area contributed by atoms with Crippen molar-refractivity contribution in [3.05, 3.63) is 23.8 Å². The van der Waals surface area contributed by atoms with Gasteiger partial charge in [-0.15, -0.1) is 0 Å². The SMILES string of the molecule is COc1cc(C#N)ccc1OCC(C)C. The van der Waals surface area contributed by atoms with Crippen molar-refractivity contribution in [3.63, 3.8) is 0 Å². The van der Waals surface area contributed by atoms with Gasteiger partial charge in [-0.3, -0.25) is 0 Å². The summed E-state index contributed by atoms with van der Waals surface area (Å²) in [5.74, 6) is 1.75. The molecule has 3 heteroatoms. The van der Waals surface area contributed by atoms with E-state index in [1.165, 1.54) is 0 Å². The quantitative estimate of drug-likeness (QED) is 0.758. The maximum absolute atomic E-state index is 8.72. The van der Waals surface area contributed by atoms with Crippen LogP contribution in [-0.2, 0) is 0 Å². The molecule has 0 bridgehead atoms. The van der Waals surface area contributed by atoms with Gasteiger partial charge in [-0.2, -0.15) is 5.26 Å². The molecule has 15 heavy (non-hydrogen) atoms. The van der Waals surface area contributed by atoms with Gasteiger partial charge in [0.25, 0.3) is 0 Å². The minimum absolute atomic E-state index is 0.463. The van der Waals surface area contributed by atoms with Crippen molar-refractivity contribution in [1.82, 2.24) is 0 Å². The molecule has 0 saturated heterocycles. The molecule has 0 heterocycles. The summed E-state index contributed by atoms with van der Waals surface area (Å²) < 4.78 is 10.7. The smallest absolute Gasteiger partial charge is 0.162 e. The van der Waals surface area contributed by atoms with Crippen LogP contribution in [0.1, 0.15) is 19.4 Å². The topological polar surface area (TPSA) is 42.2 Å². The Hall–Kier alpha value is -1.69. The second kappa shape index (κ2) is 5.26. The first-order valence-electron chi connectivity index (χ1n) is 4.88. The third-order valence-corrected chi connectivity index (χ3v) is 1.86. The van der Waals surface area contributed by atoms with Gasteiger partial charge in [0.05, 0.1) is 25.3 Å². The van der Waals surface area contributed by atoms with E-state index in [1.54, 1.807) is 25.3 Å². The van der Waals surface area contributed by atoms with Crippen LogP contribution in [0.3, 0.4) is 0 Å². The van der Waals surface area contributed by atoms with Gasteiger partial charge in [0, 0.05) is 6.07 Å². The lowest BCUT2D eigenvalue weighted by Crippen LogP contribution is -2.05. The highest BCUT2D eigenvalue weighted by molar-refractivity contribution is 5.46. The van der Waals surface area contributed by atoms with Crippen LogP contribution in [0.2, 0.25) is 0 Å². The number of hydrogen-bond acceptors (Lipinski definition) is 3. The molecular formula is C12H15NO2. The summed E-state index contributed by atoms with van der Waals surface area (Å²) in [6.07, 6.45) is 0. The van der Waals surface area contributed by atoms with Crippen LogP contribution in [0.25, 0.3) is 0 Å². The maximum atomic E-state index is 8.72. The van der Waals surface area contributed by atoms with Crippen molar-refractivity contribution < 1.29 is 9.47 Å². The number of nitriles is 1. The molecule has 0 aromatic heterocycles. The number of hydrogen-bond donors (Lipinski definition) is 0. The van der Waals surface area contributed by atoms with E-state index >= 15 is 0 Å². The molecule has 0 atom stereocenters. The monoisotopic (exact) mass is 205 g/mol. The molecule has 0 fully saturated rings. The second-order valence-electron chi connectivity index (χ2n) is 3.68. The summed E-state index contributed by atoms with van der Waals surface area (Å²) in [5, 5.41) is 8.72. The fourth-order valence-electron chi connectivity index (χ4n) is 1.11. The Morgan fingerprint density at radius 2 is 2.07 bits per heavy atom. The van der Waals surface area contributed by atoms with Gasteiger partial charge in [0.1, 0.15) is 0 Å². The van der Waals surface area contributed by atoms with Crippen molar-refractivity contribution in [2.45, 2.75) is 13.8 Å². The molecule has 1 rings (SSSR count). The molecule has 3 nitrogen and oxygen atoms in total. The van der Waals surface area contributed by atoms with Gasteiger partial charge in [0.2, 0.25) is 0 Å². The van der Waals surface area contributed by atoms with E-state index in [-0.39, 0.29) is 0 Å². The van der Waals surface area contributed by atoms with Gasteiger partial charge in [-0.05, 0) is 18.1 Å². The fourth-order valence-corrected chi connectivity index (χ4v) is 1.11. The predicted molar refractivity (Wildman–Crippen MR) is 58.0 cm³/mol. The van der Waals surface area contributed by atoms with E-state index in [9.17, 15) is 0 Å². The summed E-state index contributed by atoms with van der Waals surface area (Å²) in [7, 11) is 1.57. The first-order valence-corrected chi connectivity index (χ1v) is 4.88. The zero-order chi connectivity index (χ0) is 11.3. The molecule has 0 aliphatic heterocycles. The minimum Gasteiger partial charge on any atom is -0.493 e. The van der Waals surface area contributed by atoms with Gasteiger partial charge in [-0.25, -0.2) is 0 Å².